The van der Waals surface area contributed by atoms with Crippen molar-refractivity contribution in [3.8, 4) is 0 Å². The highest BCUT2D eigenvalue weighted by molar-refractivity contribution is 4.91. The van der Waals surface area contributed by atoms with Crippen LogP contribution in [0.4, 0.5) is 0 Å². The van der Waals surface area contributed by atoms with E-state index in [9.17, 15) is 0 Å². The van der Waals surface area contributed by atoms with Crippen molar-refractivity contribution in [2.75, 3.05) is 13.1 Å². The summed E-state index contributed by atoms with van der Waals surface area (Å²) in [5.74, 6) is 0. The average Bonchev–Trinajstić information content (AvgIpc) is 2.76. The molecule has 0 bridgehead atoms. The van der Waals surface area contributed by atoms with Crippen LogP contribution in [0.25, 0.3) is 0 Å². The van der Waals surface area contributed by atoms with Crippen LogP contribution in [0.5, 0.6) is 0 Å². The zero-order valence-electron chi connectivity index (χ0n) is 11.3. The third-order valence-corrected chi connectivity index (χ3v) is 5.13. The molecular weight excluding hydrogens is 194 g/mol. The second kappa shape index (κ2) is 5.53. The van der Waals surface area contributed by atoms with Gasteiger partial charge in [0.2, 0.25) is 0 Å². The molecule has 2 fully saturated rings. The van der Waals surface area contributed by atoms with Crippen molar-refractivity contribution in [1.82, 2.24) is 4.90 Å². The molecule has 0 amide bonds. The SMILES string of the molecule is CCCC(CC)N1CCC2(CCCC2)CC1. The van der Waals surface area contributed by atoms with Crippen LogP contribution in [0.15, 0.2) is 0 Å². The minimum absolute atomic E-state index is 0.793. The van der Waals surface area contributed by atoms with Crippen molar-refractivity contribution < 1.29 is 0 Å². The molecule has 0 aromatic carbocycles. The normalized spacial score (nSPS) is 27.4. The molecule has 1 saturated carbocycles. The van der Waals surface area contributed by atoms with Gasteiger partial charge in [-0.3, -0.25) is 0 Å². The fourth-order valence-corrected chi connectivity index (χ4v) is 3.97. The van der Waals surface area contributed by atoms with Crippen LogP contribution in [-0.2, 0) is 0 Å². The predicted octanol–water partition coefficient (Wildman–Crippen LogP) is 4.22. The minimum atomic E-state index is 0.793. The molecule has 1 aliphatic carbocycles. The number of nitrogens with zero attached hydrogens (tertiary/aromatic N) is 1. The van der Waals surface area contributed by atoms with E-state index in [0.717, 1.165) is 11.5 Å². The van der Waals surface area contributed by atoms with Crippen LogP contribution >= 0.6 is 0 Å². The van der Waals surface area contributed by atoms with Crippen molar-refractivity contribution in [3.05, 3.63) is 0 Å². The van der Waals surface area contributed by atoms with Gasteiger partial charge in [-0.2, -0.15) is 0 Å². The monoisotopic (exact) mass is 223 g/mol. The molecule has 1 heterocycles. The van der Waals surface area contributed by atoms with E-state index in [0.29, 0.717) is 0 Å². The van der Waals surface area contributed by atoms with E-state index < -0.39 is 0 Å². The fourth-order valence-electron chi connectivity index (χ4n) is 3.97. The summed E-state index contributed by atoms with van der Waals surface area (Å²) < 4.78 is 0. The van der Waals surface area contributed by atoms with Gasteiger partial charge in [0, 0.05) is 6.04 Å². The molecule has 0 aromatic heterocycles. The van der Waals surface area contributed by atoms with E-state index in [1.54, 1.807) is 0 Å². The first-order valence-corrected chi connectivity index (χ1v) is 7.54. The Balaban J connectivity index is 1.83. The maximum absolute atomic E-state index is 2.78. The van der Waals surface area contributed by atoms with Crippen LogP contribution < -0.4 is 0 Å². The summed E-state index contributed by atoms with van der Waals surface area (Å²) in [7, 11) is 0. The van der Waals surface area contributed by atoms with Gasteiger partial charge in [-0.15, -0.1) is 0 Å². The lowest BCUT2D eigenvalue weighted by atomic mass is 9.76. The third-order valence-electron chi connectivity index (χ3n) is 5.13. The number of hydrogen-bond donors (Lipinski definition) is 0. The largest absolute Gasteiger partial charge is 0.300 e. The second-order valence-electron chi connectivity index (χ2n) is 6.09. The molecule has 1 atom stereocenters. The highest BCUT2D eigenvalue weighted by atomic mass is 15.2. The average molecular weight is 223 g/mol. The molecule has 16 heavy (non-hydrogen) atoms. The van der Waals surface area contributed by atoms with Gasteiger partial charge in [0.05, 0.1) is 0 Å². The Kier molecular flexibility index (Phi) is 4.29. The molecule has 2 aliphatic rings. The van der Waals surface area contributed by atoms with Gasteiger partial charge in [0.1, 0.15) is 0 Å². The van der Waals surface area contributed by atoms with Crippen molar-refractivity contribution in [3.63, 3.8) is 0 Å². The summed E-state index contributed by atoms with van der Waals surface area (Å²) in [6, 6.07) is 0.878. The lowest BCUT2D eigenvalue weighted by Gasteiger charge is -2.42. The van der Waals surface area contributed by atoms with E-state index in [-0.39, 0.29) is 0 Å². The van der Waals surface area contributed by atoms with E-state index in [4.69, 9.17) is 0 Å². The molecule has 94 valence electrons. The number of piperidine rings is 1. The molecule has 1 saturated heterocycles. The Morgan fingerprint density at radius 3 is 2.12 bits per heavy atom. The van der Waals surface area contributed by atoms with Crippen LogP contribution in [0.3, 0.4) is 0 Å². The molecule has 1 nitrogen and oxygen atoms in total. The predicted molar refractivity (Wildman–Crippen MR) is 70.7 cm³/mol. The Bertz CT molecular complexity index is 195. The summed E-state index contributed by atoms with van der Waals surface area (Å²) in [6.45, 7) is 7.46. The first-order chi connectivity index (χ1) is 7.79. The summed E-state index contributed by atoms with van der Waals surface area (Å²) in [5.41, 5.74) is 0.793. The molecule has 1 aliphatic heterocycles. The van der Waals surface area contributed by atoms with E-state index in [1.807, 2.05) is 0 Å². The number of likely N-dealkylation sites (tertiary alicyclic amines) is 1. The lowest BCUT2D eigenvalue weighted by molar-refractivity contribution is 0.0707. The standard InChI is InChI=1S/C15H29N/c1-3-7-14(4-2)16-12-10-15(11-13-16)8-5-6-9-15/h14H,3-13H2,1-2H3. The van der Waals surface area contributed by atoms with E-state index in [1.165, 1.54) is 70.9 Å². The van der Waals surface area contributed by atoms with E-state index in [2.05, 4.69) is 18.7 Å². The molecule has 2 rings (SSSR count). The van der Waals surface area contributed by atoms with Gasteiger partial charge >= 0.3 is 0 Å². The Morgan fingerprint density at radius 2 is 1.62 bits per heavy atom. The Labute approximate surface area is 102 Å². The van der Waals surface area contributed by atoms with Crippen molar-refractivity contribution in [1.29, 1.82) is 0 Å². The summed E-state index contributed by atoms with van der Waals surface area (Å²) in [6.07, 6.45) is 13.2. The van der Waals surface area contributed by atoms with Gasteiger partial charge < -0.3 is 4.90 Å². The minimum Gasteiger partial charge on any atom is -0.300 e. The van der Waals surface area contributed by atoms with Crippen LogP contribution in [0, 0.1) is 5.41 Å². The maximum atomic E-state index is 2.78. The molecule has 0 N–H and O–H groups in total. The molecule has 1 unspecified atom stereocenters. The topological polar surface area (TPSA) is 3.24 Å². The highest BCUT2D eigenvalue weighted by Gasteiger charge is 2.37. The number of rotatable bonds is 4. The molecule has 1 spiro atoms. The zero-order valence-corrected chi connectivity index (χ0v) is 11.3. The molecular formula is C15H29N. The van der Waals surface area contributed by atoms with Gasteiger partial charge in [-0.05, 0) is 57.0 Å². The molecule has 1 heteroatoms. The van der Waals surface area contributed by atoms with Crippen molar-refractivity contribution in [2.24, 2.45) is 5.41 Å². The van der Waals surface area contributed by atoms with Crippen LogP contribution in [0.1, 0.15) is 71.6 Å². The van der Waals surface area contributed by atoms with Crippen LogP contribution in [0.2, 0.25) is 0 Å². The van der Waals surface area contributed by atoms with Crippen molar-refractivity contribution in [2.45, 2.75) is 77.7 Å². The lowest BCUT2D eigenvalue weighted by Crippen LogP contribution is -2.44. The first kappa shape index (κ1) is 12.4. The Morgan fingerprint density at radius 1 is 1.00 bits per heavy atom. The second-order valence-corrected chi connectivity index (χ2v) is 6.09. The van der Waals surface area contributed by atoms with Gasteiger partial charge in [-0.25, -0.2) is 0 Å². The third kappa shape index (κ3) is 2.61. The first-order valence-electron chi connectivity index (χ1n) is 7.54. The van der Waals surface area contributed by atoms with Crippen molar-refractivity contribution >= 4 is 0 Å². The maximum Gasteiger partial charge on any atom is 0.00925 e. The smallest absolute Gasteiger partial charge is 0.00925 e. The number of hydrogen-bond acceptors (Lipinski definition) is 1. The van der Waals surface area contributed by atoms with Gasteiger partial charge in [-0.1, -0.05) is 33.1 Å². The fraction of sp³-hybridized carbons (Fsp3) is 1.00. The summed E-state index contributed by atoms with van der Waals surface area (Å²) >= 11 is 0. The molecule has 0 radical (unpaired) electrons. The zero-order chi connectivity index (χ0) is 11.4. The quantitative estimate of drug-likeness (QED) is 0.689. The summed E-state index contributed by atoms with van der Waals surface area (Å²) in [4.78, 5) is 2.78. The summed E-state index contributed by atoms with van der Waals surface area (Å²) in [5, 5.41) is 0. The van der Waals surface area contributed by atoms with Gasteiger partial charge in [0.25, 0.3) is 0 Å². The Hall–Kier alpha value is -0.0400. The van der Waals surface area contributed by atoms with Gasteiger partial charge in [0.15, 0.2) is 0 Å². The van der Waals surface area contributed by atoms with Crippen LogP contribution in [-0.4, -0.2) is 24.0 Å². The highest BCUT2D eigenvalue weighted by Crippen LogP contribution is 2.46. The van der Waals surface area contributed by atoms with E-state index >= 15 is 0 Å². The molecule has 0 aromatic rings.